The van der Waals surface area contributed by atoms with Gasteiger partial charge in [-0.1, -0.05) is 30.3 Å². The molecule has 1 fully saturated rings. The van der Waals surface area contributed by atoms with Crippen LogP contribution in [0.15, 0.2) is 47.4 Å². The Morgan fingerprint density at radius 3 is 2.48 bits per heavy atom. The second-order valence-corrected chi connectivity index (χ2v) is 9.93. The quantitative estimate of drug-likeness (QED) is 0.790. The maximum atomic E-state index is 13.4. The summed E-state index contributed by atoms with van der Waals surface area (Å²) in [5.41, 5.74) is 3.02. The van der Waals surface area contributed by atoms with Crippen LogP contribution in [0.1, 0.15) is 30.4 Å². The highest BCUT2D eigenvalue weighted by atomic mass is 32.2. The van der Waals surface area contributed by atoms with Gasteiger partial charge in [-0.05, 0) is 37.0 Å². The number of ether oxygens (including phenoxy) is 1. The smallest absolute Gasteiger partial charge is 0.414 e. The molecule has 0 radical (unpaired) electrons. The normalized spacial score (nSPS) is 19.9. The molecule has 162 valence electrons. The van der Waals surface area contributed by atoms with Gasteiger partial charge in [-0.3, -0.25) is 9.69 Å². The van der Waals surface area contributed by atoms with E-state index >= 15 is 0 Å². The van der Waals surface area contributed by atoms with Crippen molar-refractivity contribution in [2.45, 2.75) is 43.2 Å². The van der Waals surface area contributed by atoms with Crippen molar-refractivity contribution in [3.8, 4) is 0 Å². The second-order valence-electron chi connectivity index (χ2n) is 8.03. The molecule has 2 aromatic carbocycles. The molecule has 0 bridgehead atoms. The van der Waals surface area contributed by atoms with E-state index in [-0.39, 0.29) is 42.6 Å². The Morgan fingerprint density at radius 2 is 1.68 bits per heavy atom. The summed E-state index contributed by atoms with van der Waals surface area (Å²) in [6.45, 7) is 0.830. The molecule has 0 spiro atoms. The number of nitrogens with zero attached hydrogens (tertiary/aromatic N) is 2. The second kappa shape index (κ2) is 7.65. The lowest BCUT2D eigenvalue weighted by atomic mass is 10.0. The predicted molar refractivity (Wildman–Crippen MR) is 114 cm³/mol. The van der Waals surface area contributed by atoms with Crippen LogP contribution in [-0.2, 0) is 32.6 Å². The van der Waals surface area contributed by atoms with E-state index in [9.17, 15) is 18.0 Å². The summed E-state index contributed by atoms with van der Waals surface area (Å²) in [4.78, 5) is 26.1. The van der Waals surface area contributed by atoms with Crippen molar-refractivity contribution >= 4 is 33.4 Å². The van der Waals surface area contributed by atoms with E-state index in [1.54, 1.807) is 17.0 Å². The van der Waals surface area contributed by atoms with Crippen molar-refractivity contribution in [2.75, 3.05) is 23.3 Å². The number of piperidine rings is 1. The van der Waals surface area contributed by atoms with Gasteiger partial charge in [-0.15, -0.1) is 0 Å². The van der Waals surface area contributed by atoms with E-state index in [1.807, 2.05) is 30.3 Å². The van der Waals surface area contributed by atoms with Crippen molar-refractivity contribution < 1.29 is 22.7 Å². The first-order valence-corrected chi connectivity index (χ1v) is 11.8. The highest BCUT2D eigenvalue weighted by molar-refractivity contribution is 7.89. The summed E-state index contributed by atoms with van der Waals surface area (Å²) < 4.78 is 33.5. The van der Waals surface area contributed by atoms with Gasteiger partial charge in [-0.2, -0.15) is 4.31 Å². The predicted octanol–water partition coefficient (Wildman–Crippen LogP) is 2.88. The van der Waals surface area contributed by atoms with Gasteiger partial charge >= 0.3 is 6.09 Å². The minimum absolute atomic E-state index is 0.134. The Balaban J connectivity index is 1.37. The lowest BCUT2D eigenvalue weighted by Gasteiger charge is -2.40. The summed E-state index contributed by atoms with van der Waals surface area (Å²) >= 11 is 0. The molecular weight excluding hydrogens is 418 g/mol. The van der Waals surface area contributed by atoms with E-state index in [2.05, 4.69) is 5.32 Å². The first-order chi connectivity index (χ1) is 14.9. The van der Waals surface area contributed by atoms with Crippen LogP contribution in [0.25, 0.3) is 0 Å². The molecule has 31 heavy (non-hydrogen) atoms. The number of hydrogen-bond acceptors (Lipinski definition) is 5. The number of carbonyl (C=O) groups is 2. The molecule has 3 heterocycles. The maximum absolute atomic E-state index is 13.4. The Labute approximate surface area is 180 Å². The van der Waals surface area contributed by atoms with Crippen molar-refractivity contribution in [3.63, 3.8) is 0 Å². The van der Waals surface area contributed by atoms with Crippen LogP contribution < -0.4 is 10.2 Å². The number of benzene rings is 2. The molecule has 2 amide bonds. The number of nitrogens with one attached hydrogen (secondary N) is 1. The Kier molecular flexibility index (Phi) is 4.94. The Bertz CT molecular complexity index is 1160. The number of amides is 2. The van der Waals surface area contributed by atoms with Crippen LogP contribution in [0.3, 0.4) is 0 Å². The van der Waals surface area contributed by atoms with Crippen LogP contribution in [-0.4, -0.2) is 43.9 Å². The third-order valence-corrected chi connectivity index (χ3v) is 8.14. The molecule has 1 N–H and O–H groups in total. The van der Waals surface area contributed by atoms with E-state index in [1.165, 1.54) is 4.31 Å². The lowest BCUT2D eigenvalue weighted by molar-refractivity contribution is -0.116. The largest absolute Gasteiger partial charge is 0.444 e. The number of hydrogen-bond donors (Lipinski definition) is 1. The number of aryl methyl sites for hydroxylation is 1. The molecule has 5 rings (SSSR count). The number of cyclic esters (lactones) is 1. The fraction of sp³-hybridized carbons (Fsp3) is 0.364. The topological polar surface area (TPSA) is 96.0 Å². The Hall–Kier alpha value is -2.91. The minimum atomic E-state index is -3.77. The van der Waals surface area contributed by atoms with Crippen LogP contribution in [0.2, 0.25) is 0 Å². The molecule has 3 aliphatic heterocycles. The molecule has 0 aromatic heterocycles. The summed E-state index contributed by atoms with van der Waals surface area (Å²) in [7, 11) is -3.77. The first kappa shape index (κ1) is 20.0. The minimum Gasteiger partial charge on any atom is -0.444 e. The lowest BCUT2D eigenvalue weighted by Crippen LogP contribution is -2.50. The molecule has 3 aliphatic rings. The number of para-hydroxylation sites is 2. The van der Waals surface area contributed by atoms with Crippen molar-refractivity contribution in [2.24, 2.45) is 0 Å². The highest BCUT2D eigenvalue weighted by Crippen LogP contribution is 2.35. The van der Waals surface area contributed by atoms with Gasteiger partial charge < -0.3 is 10.1 Å². The molecule has 9 heteroatoms. The standard InChI is InChI=1S/C22H23N3O5S/c26-20-9-8-15-5-3-7-19(21(15)23-20)31(28,29)24-12-10-17(11-13-24)25-18-6-2-1-4-16(18)14-30-22(25)27/h1-7,17H,8-14H2,(H,23,26). The summed E-state index contributed by atoms with van der Waals surface area (Å²) in [5, 5.41) is 2.74. The molecule has 2 aromatic rings. The first-order valence-electron chi connectivity index (χ1n) is 10.4. The maximum Gasteiger partial charge on any atom is 0.414 e. The SMILES string of the molecule is O=C1CCc2cccc(S(=O)(=O)N3CCC(N4C(=O)OCc5ccccc54)CC3)c2N1. The zero-order valence-corrected chi connectivity index (χ0v) is 17.7. The van der Waals surface area contributed by atoms with Crippen molar-refractivity contribution in [3.05, 3.63) is 53.6 Å². The molecule has 0 unspecified atom stereocenters. The fourth-order valence-electron chi connectivity index (χ4n) is 4.59. The van der Waals surface area contributed by atoms with E-state index in [4.69, 9.17) is 4.74 Å². The van der Waals surface area contributed by atoms with Gasteiger partial charge in [0, 0.05) is 31.1 Å². The van der Waals surface area contributed by atoms with Gasteiger partial charge in [0.25, 0.3) is 0 Å². The third kappa shape index (κ3) is 3.47. The number of fused-ring (bicyclic) bond motifs is 2. The van der Waals surface area contributed by atoms with E-state index < -0.39 is 10.0 Å². The van der Waals surface area contributed by atoms with E-state index in [0.29, 0.717) is 31.4 Å². The van der Waals surface area contributed by atoms with Crippen LogP contribution in [0.5, 0.6) is 0 Å². The highest BCUT2D eigenvalue weighted by Gasteiger charge is 2.38. The van der Waals surface area contributed by atoms with E-state index in [0.717, 1.165) is 16.8 Å². The Morgan fingerprint density at radius 1 is 0.935 bits per heavy atom. The van der Waals surface area contributed by atoms with Gasteiger partial charge in [0.2, 0.25) is 15.9 Å². The van der Waals surface area contributed by atoms with Crippen LogP contribution in [0, 0.1) is 0 Å². The zero-order valence-electron chi connectivity index (χ0n) is 16.9. The molecule has 0 atom stereocenters. The number of anilines is 2. The molecule has 8 nitrogen and oxygen atoms in total. The summed E-state index contributed by atoms with van der Waals surface area (Å²) in [6, 6.07) is 12.6. The molecule has 0 aliphatic carbocycles. The number of carbonyl (C=O) groups excluding carboxylic acids is 2. The van der Waals surface area contributed by atoms with Crippen LogP contribution >= 0.6 is 0 Å². The molecule has 1 saturated heterocycles. The molecule has 0 saturated carbocycles. The van der Waals surface area contributed by atoms with Crippen LogP contribution in [0.4, 0.5) is 16.2 Å². The average Bonchev–Trinajstić information content (AvgIpc) is 2.78. The summed E-state index contributed by atoms with van der Waals surface area (Å²) in [5.74, 6) is -0.170. The fourth-order valence-corrected chi connectivity index (χ4v) is 6.25. The van der Waals surface area contributed by atoms with Gasteiger partial charge in [0.05, 0.1) is 11.4 Å². The average molecular weight is 442 g/mol. The molecular formula is C22H23N3O5S. The van der Waals surface area contributed by atoms with Crippen molar-refractivity contribution in [1.29, 1.82) is 0 Å². The van der Waals surface area contributed by atoms with Crippen molar-refractivity contribution in [1.82, 2.24) is 4.31 Å². The van der Waals surface area contributed by atoms with Gasteiger partial charge in [-0.25, -0.2) is 13.2 Å². The zero-order chi connectivity index (χ0) is 21.6. The number of rotatable bonds is 3. The monoisotopic (exact) mass is 441 g/mol. The number of sulfonamides is 1. The third-order valence-electron chi connectivity index (χ3n) is 6.20. The van der Waals surface area contributed by atoms with Gasteiger partial charge in [0.1, 0.15) is 11.5 Å². The summed E-state index contributed by atoms with van der Waals surface area (Å²) in [6.07, 6.45) is 1.51. The van der Waals surface area contributed by atoms with Gasteiger partial charge in [0.15, 0.2) is 0 Å².